The molecule has 10 rings (SSSR count). The molecule has 52 heavy (non-hydrogen) atoms. The normalized spacial score (nSPS) is 11.4. The summed E-state index contributed by atoms with van der Waals surface area (Å²) in [6, 6.07) is 64.3. The average Bonchev–Trinajstić information content (AvgIpc) is 3.76. The lowest BCUT2D eigenvalue weighted by atomic mass is 9.97. The standard InChI is InChI=1S/C48H29N3S/c49-30-35-16-11-19-37(48(35)51-44-20-9-7-17-38(44)39-18-8-10-21-45(39)51)33-22-24-46-40(26-33)41-27-34(23-25-47(41)52-46)43-29-36(31-12-3-1-4-13-31)28-42(50-43)32-14-5-2-6-15-32/h1-29H. The second-order valence-electron chi connectivity index (χ2n) is 13.1. The number of nitriles is 1. The fourth-order valence-electron chi connectivity index (χ4n) is 7.61. The first kappa shape index (κ1) is 30.1. The van der Waals surface area contributed by atoms with Crippen LogP contribution in [0.2, 0.25) is 0 Å². The summed E-state index contributed by atoms with van der Waals surface area (Å²) in [4.78, 5) is 5.21. The zero-order chi connectivity index (χ0) is 34.6. The number of rotatable bonds is 5. The molecule has 7 aromatic carbocycles. The molecule has 0 aliphatic carbocycles. The van der Waals surface area contributed by atoms with Gasteiger partial charge in [-0.15, -0.1) is 11.3 Å². The summed E-state index contributed by atoms with van der Waals surface area (Å²) >= 11 is 1.80. The number of benzene rings is 7. The van der Waals surface area contributed by atoms with E-state index in [1.54, 1.807) is 11.3 Å². The van der Waals surface area contributed by atoms with Crippen molar-refractivity contribution in [1.29, 1.82) is 5.26 Å². The van der Waals surface area contributed by atoms with E-state index in [2.05, 4.69) is 168 Å². The van der Waals surface area contributed by atoms with E-state index in [-0.39, 0.29) is 0 Å². The molecule has 0 aliphatic heterocycles. The minimum Gasteiger partial charge on any atom is -0.307 e. The van der Waals surface area contributed by atoms with Gasteiger partial charge in [0, 0.05) is 47.6 Å². The Morgan fingerprint density at radius 2 is 1.00 bits per heavy atom. The van der Waals surface area contributed by atoms with E-state index in [0.29, 0.717) is 5.56 Å². The molecule has 10 aromatic rings. The van der Waals surface area contributed by atoms with Crippen LogP contribution in [0.4, 0.5) is 0 Å². The maximum Gasteiger partial charge on any atom is 0.101 e. The van der Waals surface area contributed by atoms with E-state index in [9.17, 15) is 5.26 Å². The second kappa shape index (κ2) is 12.2. The van der Waals surface area contributed by atoms with Gasteiger partial charge in [-0.1, -0.05) is 121 Å². The SMILES string of the molecule is N#Cc1cccc(-c2ccc3sc4ccc(-c5cc(-c6ccccc6)cc(-c6ccccc6)n5)cc4c3c2)c1-n1c2ccccc2c2ccccc21. The lowest BCUT2D eigenvalue weighted by Crippen LogP contribution is -2.00. The third-order valence-corrected chi connectivity index (χ3v) is 11.2. The molecule has 3 heterocycles. The van der Waals surface area contributed by atoms with Gasteiger partial charge in [-0.2, -0.15) is 5.26 Å². The highest BCUT2D eigenvalue weighted by Crippen LogP contribution is 2.42. The van der Waals surface area contributed by atoms with Gasteiger partial charge >= 0.3 is 0 Å². The Balaban J connectivity index is 1.17. The number of pyridine rings is 1. The summed E-state index contributed by atoms with van der Waals surface area (Å²) in [6.45, 7) is 0. The highest BCUT2D eigenvalue weighted by atomic mass is 32.1. The minimum atomic E-state index is 0.639. The van der Waals surface area contributed by atoms with Crippen LogP contribution in [-0.4, -0.2) is 9.55 Å². The number of para-hydroxylation sites is 3. The number of fused-ring (bicyclic) bond motifs is 6. The van der Waals surface area contributed by atoms with Crippen molar-refractivity contribution in [3.63, 3.8) is 0 Å². The van der Waals surface area contributed by atoms with Crippen molar-refractivity contribution in [2.45, 2.75) is 0 Å². The molecule has 0 radical (unpaired) electrons. The first-order valence-corrected chi connectivity index (χ1v) is 18.2. The third-order valence-electron chi connectivity index (χ3n) is 10.0. The molecule has 242 valence electrons. The maximum absolute atomic E-state index is 10.5. The molecule has 0 bridgehead atoms. The van der Waals surface area contributed by atoms with E-state index >= 15 is 0 Å². The lowest BCUT2D eigenvalue weighted by molar-refractivity contribution is 1.17. The summed E-state index contributed by atoms with van der Waals surface area (Å²) < 4.78 is 4.72. The van der Waals surface area contributed by atoms with Crippen molar-refractivity contribution >= 4 is 53.3 Å². The number of hydrogen-bond donors (Lipinski definition) is 0. The van der Waals surface area contributed by atoms with Crippen molar-refractivity contribution < 1.29 is 0 Å². The number of thiophene rings is 1. The predicted molar refractivity (Wildman–Crippen MR) is 218 cm³/mol. The molecule has 3 nitrogen and oxygen atoms in total. The van der Waals surface area contributed by atoms with E-state index in [1.165, 1.54) is 30.9 Å². The summed E-state index contributed by atoms with van der Waals surface area (Å²) in [5, 5.41) is 15.2. The zero-order valence-electron chi connectivity index (χ0n) is 28.0. The molecular formula is C48H29N3S. The van der Waals surface area contributed by atoms with E-state index in [1.807, 2.05) is 18.2 Å². The Kier molecular flexibility index (Phi) is 7.06. The Bertz CT molecular complexity index is 2910. The van der Waals surface area contributed by atoms with Gasteiger partial charge in [-0.25, -0.2) is 4.98 Å². The first-order valence-electron chi connectivity index (χ1n) is 17.4. The summed E-state index contributed by atoms with van der Waals surface area (Å²) in [7, 11) is 0. The van der Waals surface area contributed by atoms with Crippen molar-refractivity contribution in [1.82, 2.24) is 9.55 Å². The van der Waals surface area contributed by atoms with Crippen LogP contribution in [0.25, 0.3) is 92.4 Å². The summed E-state index contributed by atoms with van der Waals surface area (Å²) in [5.74, 6) is 0. The fraction of sp³-hybridized carbons (Fsp3) is 0. The van der Waals surface area contributed by atoms with Crippen molar-refractivity contribution in [2.75, 3.05) is 0 Å². The average molecular weight is 680 g/mol. The van der Waals surface area contributed by atoms with Gasteiger partial charge in [0.15, 0.2) is 0 Å². The van der Waals surface area contributed by atoms with Crippen LogP contribution < -0.4 is 0 Å². The molecule has 0 saturated heterocycles. The Morgan fingerprint density at radius 1 is 0.442 bits per heavy atom. The van der Waals surface area contributed by atoms with Crippen LogP contribution in [-0.2, 0) is 0 Å². The van der Waals surface area contributed by atoms with Gasteiger partial charge in [0.1, 0.15) is 6.07 Å². The largest absolute Gasteiger partial charge is 0.307 e. The van der Waals surface area contributed by atoms with Gasteiger partial charge in [-0.05, 0) is 71.3 Å². The highest BCUT2D eigenvalue weighted by Gasteiger charge is 2.19. The zero-order valence-corrected chi connectivity index (χ0v) is 28.8. The van der Waals surface area contributed by atoms with Crippen LogP contribution in [0.15, 0.2) is 176 Å². The van der Waals surface area contributed by atoms with Crippen molar-refractivity contribution in [2.24, 2.45) is 0 Å². The molecule has 0 atom stereocenters. The molecule has 0 N–H and O–H groups in total. The molecule has 0 aliphatic rings. The number of hydrogen-bond acceptors (Lipinski definition) is 3. The third kappa shape index (κ3) is 4.91. The molecule has 0 amide bonds. The predicted octanol–water partition coefficient (Wildman–Crippen LogP) is 13.1. The van der Waals surface area contributed by atoms with E-state index < -0.39 is 0 Å². The molecule has 4 heteroatoms. The lowest BCUT2D eigenvalue weighted by Gasteiger charge is -2.16. The molecule has 3 aromatic heterocycles. The van der Waals surface area contributed by atoms with Crippen molar-refractivity contribution in [3.05, 3.63) is 181 Å². The van der Waals surface area contributed by atoms with Gasteiger partial charge in [0.2, 0.25) is 0 Å². The maximum atomic E-state index is 10.5. The van der Waals surface area contributed by atoms with E-state index in [4.69, 9.17) is 4.98 Å². The number of nitrogens with zero attached hydrogens (tertiary/aromatic N) is 3. The summed E-state index contributed by atoms with van der Waals surface area (Å²) in [6.07, 6.45) is 0. The van der Waals surface area contributed by atoms with E-state index in [0.717, 1.165) is 61.5 Å². The Labute approximate surface area is 304 Å². The first-order chi connectivity index (χ1) is 25.7. The minimum absolute atomic E-state index is 0.639. The topological polar surface area (TPSA) is 41.6 Å². The van der Waals surface area contributed by atoms with Crippen LogP contribution in [0.3, 0.4) is 0 Å². The van der Waals surface area contributed by atoms with Gasteiger partial charge < -0.3 is 4.57 Å². The molecule has 0 spiro atoms. The quantitative estimate of drug-likeness (QED) is 0.182. The molecule has 0 fully saturated rings. The molecular weight excluding hydrogens is 651 g/mol. The fourth-order valence-corrected chi connectivity index (χ4v) is 8.67. The second-order valence-corrected chi connectivity index (χ2v) is 14.1. The van der Waals surface area contributed by atoms with Crippen LogP contribution in [0, 0.1) is 11.3 Å². The van der Waals surface area contributed by atoms with Crippen LogP contribution in [0.1, 0.15) is 5.56 Å². The van der Waals surface area contributed by atoms with Gasteiger partial charge in [0.05, 0.1) is 33.7 Å². The summed E-state index contributed by atoms with van der Waals surface area (Å²) in [5.41, 5.74) is 12.1. The van der Waals surface area contributed by atoms with Gasteiger partial charge in [-0.3, -0.25) is 0 Å². The monoisotopic (exact) mass is 679 g/mol. The van der Waals surface area contributed by atoms with Crippen LogP contribution >= 0.6 is 11.3 Å². The molecule has 0 unspecified atom stereocenters. The highest BCUT2D eigenvalue weighted by molar-refractivity contribution is 7.25. The Hall–Kier alpha value is -6.80. The van der Waals surface area contributed by atoms with Crippen molar-refractivity contribution in [3.8, 4) is 56.5 Å². The Morgan fingerprint density at radius 3 is 1.65 bits per heavy atom. The number of aromatic nitrogens is 2. The smallest absolute Gasteiger partial charge is 0.101 e. The molecule has 0 saturated carbocycles. The van der Waals surface area contributed by atoms with Crippen LogP contribution in [0.5, 0.6) is 0 Å². The van der Waals surface area contributed by atoms with Gasteiger partial charge in [0.25, 0.3) is 0 Å².